The van der Waals surface area contributed by atoms with Crippen LogP contribution in [-0.2, 0) is 10.4 Å². The van der Waals surface area contributed by atoms with Gasteiger partial charge in [0.2, 0.25) is 5.75 Å². The predicted molar refractivity (Wildman–Crippen MR) is 106 cm³/mol. The van der Waals surface area contributed by atoms with Gasteiger partial charge in [0.15, 0.2) is 23.0 Å². The van der Waals surface area contributed by atoms with Crippen molar-refractivity contribution in [2.75, 3.05) is 28.4 Å². The molecule has 0 aliphatic carbocycles. The first-order valence-electron chi connectivity index (χ1n) is 8.41. The van der Waals surface area contributed by atoms with Gasteiger partial charge >= 0.3 is 10.4 Å². The third-order valence-corrected chi connectivity index (χ3v) is 4.57. The van der Waals surface area contributed by atoms with Crippen molar-refractivity contribution in [3.05, 3.63) is 36.6 Å². The molecule has 10 nitrogen and oxygen atoms in total. The van der Waals surface area contributed by atoms with E-state index in [1.807, 2.05) is 0 Å². The quantitative estimate of drug-likeness (QED) is 0.525. The zero-order valence-corrected chi connectivity index (χ0v) is 17.3. The molecule has 0 aliphatic heterocycles. The van der Waals surface area contributed by atoms with E-state index in [0.29, 0.717) is 39.6 Å². The molecule has 1 N–H and O–H groups in total. The molecular weight excluding hydrogens is 418 g/mol. The summed E-state index contributed by atoms with van der Waals surface area (Å²) in [6, 6.07) is 7.91. The highest BCUT2D eigenvalue weighted by Gasteiger charge is 2.21. The van der Waals surface area contributed by atoms with Crippen molar-refractivity contribution in [3.8, 4) is 51.1 Å². The number of rotatable bonds is 8. The lowest BCUT2D eigenvalue weighted by Gasteiger charge is -2.14. The normalized spacial score (nSPS) is 11.1. The van der Waals surface area contributed by atoms with Crippen molar-refractivity contribution in [2.45, 2.75) is 0 Å². The first-order chi connectivity index (χ1) is 14.3. The summed E-state index contributed by atoms with van der Waals surface area (Å²) in [4.78, 5) is 0. The van der Waals surface area contributed by atoms with Gasteiger partial charge in [-0.15, -0.1) is 0 Å². The van der Waals surface area contributed by atoms with E-state index in [4.69, 9.17) is 28.0 Å². The molecule has 1 aromatic heterocycles. The SMILES string of the molecule is COc1ccc(-c2conc2-c2cc(OC)c(OC)c(OC)c2)cc1OS(=O)(=O)O. The van der Waals surface area contributed by atoms with Crippen LogP contribution in [0, 0.1) is 0 Å². The van der Waals surface area contributed by atoms with E-state index < -0.39 is 10.4 Å². The number of ether oxygens (including phenoxy) is 4. The van der Waals surface area contributed by atoms with E-state index in [1.165, 1.54) is 46.8 Å². The zero-order valence-electron chi connectivity index (χ0n) is 16.5. The fourth-order valence-corrected chi connectivity index (χ4v) is 3.25. The molecule has 0 radical (unpaired) electrons. The van der Waals surface area contributed by atoms with Gasteiger partial charge in [0.1, 0.15) is 12.0 Å². The first-order valence-corrected chi connectivity index (χ1v) is 9.77. The third kappa shape index (κ3) is 4.26. The van der Waals surface area contributed by atoms with Crippen molar-refractivity contribution in [3.63, 3.8) is 0 Å². The standard InChI is InChI=1S/C19H19NO9S/c1-24-14-6-5-11(7-15(14)29-30(21,22)23)13-10-28-20-18(13)12-8-16(25-2)19(27-4)17(9-12)26-3/h5-10H,1-4H3,(H,21,22,23). The Morgan fingerprint density at radius 1 is 0.833 bits per heavy atom. The van der Waals surface area contributed by atoms with Crippen LogP contribution >= 0.6 is 0 Å². The fraction of sp³-hybridized carbons (Fsp3) is 0.211. The van der Waals surface area contributed by atoms with Gasteiger partial charge in [-0.05, 0) is 29.8 Å². The number of aromatic nitrogens is 1. The van der Waals surface area contributed by atoms with Gasteiger partial charge in [-0.25, -0.2) is 0 Å². The summed E-state index contributed by atoms with van der Waals surface area (Å²) in [5.41, 5.74) is 2.05. The molecule has 3 rings (SSSR count). The van der Waals surface area contributed by atoms with E-state index in [9.17, 15) is 8.42 Å². The van der Waals surface area contributed by atoms with Gasteiger partial charge in [0.25, 0.3) is 0 Å². The predicted octanol–water partition coefficient (Wildman–Crippen LogP) is 3.22. The minimum Gasteiger partial charge on any atom is -0.493 e. The summed E-state index contributed by atoms with van der Waals surface area (Å²) >= 11 is 0. The largest absolute Gasteiger partial charge is 0.493 e. The molecule has 11 heteroatoms. The molecule has 0 unspecified atom stereocenters. The monoisotopic (exact) mass is 437 g/mol. The molecule has 2 aromatic carbocycles. The van der Waals surface area contributed by atoms with E-state index in [-0.39, 0.29) is 11.5 Å². The fourth-order valence-electron chi connectivity index (χ4n) is 2.89. The molecule has 0 fully saturated rings. The lowest BCUT2D eigenvalue weighted by atomic mass is 10.0. The van der Waals surface area contributed by atoms with E-state index >= 15 is 0 Å². The zero-order chi connectivity index (χ0) is 21.9. The smallest absolute Gasteiger partial charge is 0.446 e. The Labute approximate surface area is 172 Å². The van der Waals surface area contributed by atoms with Crippen LogP contribution in [0.5, 0.6) is 28.7 Å². The van der Waals surface area contributed by atoms with Crippen LogP contribution in [0.1, 0.15) is 0 Å². The maximum Gasteiger partial charge on any atom is 0.446 e. The van der Waals surface area contributed by atoms with Crippen LogP contribution in [0.4, 0.5) is 0 Å². The summed E-state index contributed by atoms with van der Waals surface area (Å²) in [5.74, 6) is 1.18. The molecule has 0 saturated heterocycles. The van der Waals surface area contributed by atoms with Gasteiger partial charge in [0.05, 0.1) is 28.4 Å². The Morgan fingerprint density at radius 2 is 1.43 bits per heavy atom. The Balaban J connectivity index is 2.14. The van der Waals surface area contributed by atoms with Crippen LogP contribution in [-0.4, -0.2) is 46.6 Å². The van der Waals surface area contributed by atoms with Crippen molar-refractivity contribution in [1.82, 2.24) is 5.16 Å². The number of nitrogens with zero attached hydrogens (tertiary/aromatic N) is 1. The second-order valence-electron chi connectivity index (χ2n) is 5.87. The summed E-state index contributed by atoms with van der Waals surface area (Å²) < 4.78 is 62.3. The summed E-state index contributed by atoms with van der Waals surface area (Å²) in [5, 5.41) is 4.05. The molecule has 30 heavy (non-hydrogen) atoms. The Morgan fingerprint density at radius 3 is 1.97 bits per heavy atom. The minimum atomic E-state index is -4.75. The second kappa shape index (κ2) is 8.51. The second-order valence-corrected chi connectivity index (χ2v) is 6.89. The summed E-state index contributed by atoms with van der Waals surface area (Å²) in [6.07, 6.45) is 1.39. The van der Waals surface area contributed by atoms with E-state index in [2.05, 4.69) is 9.34 Å². The topological polar surface area (TPSA) is 127 Å². The van der Waals surface area contributed by atoms with Gasteiger partial charge in [0, 0.05) is 11.1 Å². The third-order valence-electron chi connectivity index (χ3n) is 4.18. The van der Waals surface area contributed by atoms with Crippen molar-refractivity contribution in [1.29, 1.82) is 0 Å². The van der Waals surface area contributed by atoms with Gasteiger partial charge in [-0.2, -0.15) is 8.42 Å². The van der Waals surface area contributed by atoms with Gasteiger partial charge in [-0.3, -0.25) is 4.55 Å². The average Bonchev–Trinajstić information content (AvgIpc) is 3.21. The van der Waals surface area contributed by atoms with Gasteiger partial charge < -0.3 is 27.7 Å². The lowest BCUT2D eigenvalue weighted by molar-refractivity contribution is 0.324. The van der Waals surface area contributed by atoms with Crippen molar-refractivity contribution >= 4 is 10.4 Å². The van der Waals surface area contributed by atoms with Gasteiger partial charge in [-0.1, -0.05) is 11.2 Å². The van der Waals surface area contributed by atoms with Crippen molar-refractivity contribution < 1.29 is 40.6 Å². The van der Waals surface area contributed by atoms with Crippen LogP contribution < -0.4 is 23.1 Å². The Bertz CT molecular complexity index is 1130. The maximum atomic E-state index is 11.2. The molecule has 0 saturated carbocycles. The average molecular weight is 437 g/mol. The Kier molecular flexibility index (Phi) is 6.04. The molecule has 160 valence electrons. The molecular formula is C19H19NO9S. The number of benzene rings is 2. The summed E-state index contributed by atoms with van der Waals surface area (Å²) in [7, 11) is 1.07. The highest BCUT2D eigenvalue weighted by molar-refractivity contribution is 7.81. The van der Waals surface area contributed by atoms with Crippen LogP contribution in [0.3, 0.4) is 0 Å². The van der Waals surface area contributed by atoms with Crippen molar-refractivity contribution in [2.24, 2.45) is 0 Å². The minimum absolute atomic E-state index is 0.113. The highest BCUT2D eigenvalue weighted by atomic mass is 32.3. The molecule has 0 atom stereocenters. The number of hydrogen-bond donors (Lipinski definition) is 1. The van der Waals surface area contributed by atoms with E-state index in [1.54, 1.807) is 18.2 Å². The first kappa shape index (κ1) is 21.3. The molecule has 1 heterocycles. The van der Waals surface area contributed by atoms with Crippen LogP contribution in [0.25, 0.3) is 22.4 Å². The molecule has 0 spiro atoms. The molecule has 0 bridgehead atoms. The summed E-state index contributed by atoms with van der Waals surface area (Å²) in [6.45, 7) is 0. The number of methoxy groups -OCH3 is 4. The Hall–Kier alpha value is -3.44. The van der Waals surface area contributed by atoms with Crippen LogP contribution in [0.2, 0.25) is 0 Å². The molecule has 0 aliphatic rings. The van der Waals surface area contributed by atoms with Crippen LogP contribution in [0.15, 0.2) is 41.1 Å². The number of hydrogen-bond acceptors (Lipinski definition) is 9. The molecule has 0 amide bonds. The maximum absolute atomic E-state index is 11.2. The molecule has 3 aromatic rings. The van der Waals surface area contributed by atoms with E-state index in [0.717, 1.165) is 0 Å². The highest BCUT2D eigenvalue weighted by Crippen LogP contribution is 2.43. The lowest BCUT2D eigenvalue weighted by Crippen LogP contribution is -2.07.